The van der Waals surface area contributed by atoms with Crippen molar-refractivity contribution in [3.8, 4) is 22.6 Å². The van der Waals surface area contributed by atoms with E-state index in [-0.39, 0.29) is 5.82 Å². The van der Waals surface area contributed by atoms with Gasteiger partial charge in [-0.1, -0.05) is 79.7 Å². The van der Waals surface area contributed by atoms with Gasteiger partial charge in [-0.25, -0.2) is 9.37 Å². The molecule has 6 aromatic rings. The molecule has 0 saturated heterocycles. The van der Waals surface area contributed by atoms with Gasteiger partial charge in [-0.2, -0.15) is 5.10 Å². The summed E-state index contributed by atoms with van der Waals surface area (Å²) in [6.07, 6.45) is 2.34. The van der Waals surface area contributed by atoms with Gasteiger partial charge in [-0.3, -0.25) is 10.00 Å². The average molecular weight is 542 g/mol. The first-order valence-corrected chi connectivity index (χ1v) is 14.3. The Morgan fingerprint density at radius 3 is 2.44 bits per heavy atom. The molecule has 1 aliphatic rings. The highest BCUT2D eigenvalue weighted by molar-refractivity contribution is 5.94. The zero-order valence-corrected chi connectivity index (χ0v) is 23.1. The third-order valence-electron chi connectivity index (χ3n) is 8.15. The van der Waals surface area contributed by atoms with Crippen LogP contribution in [0.15, 0.2) is 91.0 Å². The lowest BCUT2D eigenvalue weighted by Gasteiger charge is -2.25. The Labute approximate surface area is 239 Å². The number of rotatable bonds is 7. The number of aromatic amines is 2. The summed E-state index contributed by atoms with van der Waals surface area (Å²) < 4.78 is 15.3. The number of nitrogens with one attached hydrogen (secondary N) is 2. The second kappa shape index (κ2) is 10.8. The molecule has 0 atom stereocenters. The summed E-state index contributed by atoms with van der Waals surface area (Å²) in [5.74, 6) is 0.620. The van der Waals surface area contributed by atoms with Gasteiger partial charge in [0.15, 0.2) is 5.82 Å². The molecule has 0 spiro atoms. The molecular formula is C35H32FN5. The topological polar surface area (TPSA) is 60.6 Å². The molecule has 0 fully saturated rings. The van der Waals surface area contributed by atoms with E-state index in [0.717, 1.165) is 88.4 Å². The van der Waals surface area contributed by atoms with Crippen LogP contribution in [0.3, 0.4) is 0 Å². The number of H-pyrrole nitrogens is 2. The van der Waals surface area contributed by atoms with E-state index in [4.69, 9.17) is 4.98 Å². The third-order valence-corrected chi connectivity index (χ3v) is 8.15. The van der Waals surface area contributed by atoms with Gasteiger partial charge in [0.2, 0.25) is 0 Å². The Hall–Kier alpha value is -4.55. The number of hydrogen-bond acceptors (Lipinski definition) is 3. The van der Waals surface area contributed by atoms with Gasteiger partial charge in [0.25, 0.3) is 0 Å². The van der Waals surface area contributed by atoms with Crippen LogP contribution in [0.2, 0.25) is 0 Å². The van der Waals surface area contributed by atoms with Crippen LogP contribution in [0.5, 0.6) is 0 Å². The van der Waals surface area contributed by atoms with Crippen LogP contribution < -0.4 is 0 Å². The van der Waals surface area contributed by atoms with Crippen molar-refractivity contribution in [1.82, 2.24) is 25.1 Å². The quantitative estimate of drug-likeness (QED) is 0.220. The Bertz CT molecular complexity index is 1820. The molecule has 204 valence electrons. The maximum atomic E-state index is 15.3. The van der Waals surface area contributed by atoms with E-state index in [2.05, 4.69) is 75.5 Å². The minimum Gasteiger partial charge on any atom is -0.340 e. The van der Waals surface area contributed by atoms with Crippen molar-refractivity contribution in [3.05, 3.63) is 130 Å². The van der Waals surface area contributed by atoms with Crippen LogP contribution in [0, 0.1) is 5.82 Å². The van der Waals surface area contributed by atoms with Gasteiger partial charge in [-0.15, -0.1) is 0 Å². The van der Waals surface area contributed by atoms with Crippen molar-refractivity contribution < 1.29 is 4.39 Å². The monoisotopic (exact) mass is 541 g/mol. The molecular weight excluding hydrogens is 509 g/mol. The van der Waals surface area contributed by atoms with Crippen LogP contribution in [0.25, 0.3) is 33.5 Å². The highest BCUT2D eigenvalue weighted by atomic mass is 19.1. The number of aryl methyl sites for hydroxylation is 1. The predicted octanol–water partition coefficient (Wildman–Crippen LogP) is 7.47. The van der Waals surface area contributed by atoms with Crippen molar-refractivity contribution in [3.63, 3.8) is 0 Å². The lowest BCUT2D eigenvalue weighted by atomic mass is 9.93. The molecule has 4 aromatic carbocycles. The normalized spacial score (nSPS) is 13.5. The highest BCUT2D eigenvalue weighted by Gasteiger charge is 2.23. The molecule has 7 rings (SSSR count). The van der Waals surface area contributed by atoms with E-state index >= 15 is 4.39 Å². The van der Waals surface area contributed by atoms with Crippen molar-refractivity contribution >= 4 is 10.9 Å². The molecule has 0 radical (unpaired) electrons. The molecule has 6 heteroatoms. The molecule has 0 aliphatic carbocycles. The summed E-state index contributed by atoms with van der Waals surface area (Å²) in [6, 6.07) is 30.6. The Morgan fingerprint density at radius 1 is 0.878 bits per heavy atom. The summed E-state index contributed by atoms with van der Waals surface area (Å²) in [6.45, 7) is 4.85. The first-order valence-electron chi connectivity index (χ1n) is 14.3. The Balaban J connectivity index is 1.15. The highest BCUT2D eigenvalue weighted by Crippen LogP contribution is 2.33. The molecule has 2 aromatic heterocycles. The largest absolute Gasteiger partial charge is 0.340 e. The molecule has 3 heterocycles. The maximum Gasteiger partial charge on any atom is 0.159 e. The number of nitrogens with zero attached hydrogens (tertiary/aromatic N) is 3. The van der Waals surface area contributed by atoms with E-state index < -0.39 is 0 Å². The standard InChI is InChI=1S/C35H32FN5/c1-2-25-18-27(17-23-9-5-3-6-10-23)30(36)20-29(25)26-13-14-28-32(19-26)39-40-34(28)35-37-31-15-16-41(22-33(31)38-35)21-24-11-7-4-8-12-24/h3-14,18-20H,2,15-17,21-22H2,1H3,(H,37,38)(H,39,40). The fourth-order valence-electron chi connectivity index (χ4n) is 5.98. The first-order chi connectivity index (χ1) is 20.1. The summed E-state index contributed by atoms with van der Waals surface area (Å²) >= 11 is 0. The predicted molar refractivity (Wildman–Crippen MR) is 162 cm³/mol. The number of fused-ring (bicyclic) bond motifs is 2. The van der Waals surface area contributed by atoms with Gasteiger partial charge in [0.05, 0.1) is 11.2 Å². The fraction of sp³-hybridized carbons (Fsp3) is 0.200. The van der Waals surface area contributed by atoms with Crippen LogP contribution in [-0.4, -0.2) is 31.6 Å². The summed E-state index contributed by atoms with van der Waals surface area (Å²) in [5, 5.41) is 8.85. The lowest BCUT2D eigenvalue weighted by Crippen LogP contribution is -2.30. The fourth-order valence-corrected chi connectivity index (χ4v) is 5.98. The van der Waals surface area contributed by atoms with Gasteiger partial charge < -0.3 is 4.98 Å². The first kappa shape index (κ1) is 25.4. The van der Waals surface area contributed by atoms with E-state index in [1.54, 1.807) is 6.07 Å². The van der Waals surface area contributed by atoms with Crippen LogP contribution in [0.1, 0.15) is 40.6 Å². The van der Waals surface area contributed by atoms with Gasteiger partial charge in [0, 0.05) is 43.6 Å². The van der Waals surface area contributed by atoms with Crippen molar-refractivity contribution in [2.24, 2.45) is 0 Å². The smallest absolute Gasteiger partial charge is 0.159 e. The average Bonchev–Trinajstić information content (AvgIpc) is 3.62. The number of benzene rings is 4. The molecule has 0 bridgehead atoms. The molecule has 5 nitrogen and oxygen atoms in total. The van der Waals surface area contributed by atoms with Crippen LogP contribution >= 0.6 is 0 Å². The molecule has 41 heavy (non-hydrogen) atoms. The summed E-state index contributed by atoms with van der Waals surface area (Å²) in [7, 11) is 0. The van der Waals surface area contributed by atoms with Crippen molar-refractivity contribution in [2.75, 3.05) is 6.54 Å². The molecule has 2 N–H and O–H groups in total. The van der Waals surface area contributed by atoms with E-state index in [1.807, 2.05) is 36.4 Å². The zero-order valence-electron chi connectivity index (χ0n) is 23.1. The van der Waals surface area contributed by atoms with Crippen molar-refractivity contribution in [2.45, 2.75) is 39.3 Å². The van der Waals surface area contributed by atoms with Crippen molar-refractivity contribution in [1.29, 1.82) is 0 Å². The molecule has 0 saturated carbocycles. The lowest BCUT2D eigenvalue weighted by molar-refractivity contribution is 0.241. The Morgan fingerprint density at radius 2 is 1.66 bits per heavy atom. The third kappa shape index (κ3) is 5.07. The number of aromatic nitrogens is 4. The second-order valence-electron chi connectivity index (χ2n) is 10.9. The SMILES string of the molecule is CCc1cc(Cc2ccccc2)c(F)cc1-c1ccc2c(-c3nc4c([nH]3)CCN(Cc3ccccc3)C4)n[nH]c2c1. The zero-order chi connectivity index (χ0) is 27.8. The second-order valence-corrected chi connectivity index (χ2v) is 10.9. The number of halogens is 1. The summed E-state index contributed by atoms with van der Waals surface area (Å²) in [4.78, 5) is 10.9. The van der Waals surface area contributed by atoms with Gasteiger partial charge >= 0.3 is 0 Å². The Kier molecular flexibility index (Phi) is 6.69. The van der Waals surface area contributed by atoms with Crippen LogP contribution in [-0.2, 0) is 32.4 Å². The van der Waals surface area contributed by atoms with Crippen LogP contribution in [0.4, 0.5) is 4.39 Å². The molecule has 1 aliphatic heterocycles. The van der Waals surface area contributed by atoms with E-state index in [1.165, 1.54) is 11.3 Å². The molecule has 0 amide bonds. The number of imidazole rings is 1. The van der Waals surface area contributed by atoms with E-state index in [0.29, 0.717) is 6.42 Å². The number of hydrogen-bond donors (Lipinski definition) is 2. The maximum absolute atomic E-state index is 15.3. The van der Waals surface area contributed by atoms with Gasteiger partial charge in [-0.05, 0) is 58.0 Å². The van der Waals surface area contributed by atoms with E-state index in [9.17, 15) is 0 Å². The minimum atomic E-state index is -0.172. The van der Waals surface area contributed by atoms with Gasteiger partial charge in [0.1, 0.15) is 11.5 Å². The summed E-state index contributed by atoms with van der Waals surface area (Å²) in [5.41, 5.74) is 10.2. The minimum absolute atomic E-state index is 0.172. The molecule has 0 unspecified atom stereocenters.